The van der Waals surface area contributed by atoms with Crippen molar-refractivity contribution in [2.45, 2.75) is 75.9 Å². The van der Waals surface area contributed by atoms with E-state index in [1.807, 2.05) is 19.1 Å². The summed E-state index contributed by atoms with van der Waals surface area (Å²) >= 11 is 0. The van der Waals surface area contributed by atoms with Gasteiger partial charge in [0, 0.05) is 14.1 Å². The topological polar surface area (TPSA) is 60.8 Å². The van der Waals surface area contributed by atoms with E-state index < -0.39 is 11.2 Å². The van der Waals surface area contributed by atoms with Crippen molar-refractivity contribution in [3.05, 3.63) is 48.0 Å². The molecule has 0 radical (unpaired) electrons. The molecule has 0 aliphatic heterocycles. The van der Waals surface area contributed by atoms with Gasteiger partial charge in [0.05, 0.1) is 17.6 Å². The average Bonchev–Trinajstić information content (AvgIpc) is 2.64. The molecule has 156 valence electrons. The zero-order chi connectivity index (χ0) is 20.6. The van der Waals surface area contributed by atoms with Gasteiger partial charge in [0.1, 0.15) is 0 Å². The molecule has 1 aliphatic rings. The molecule has 0 saturated heterocycles. The molecule has 4 heteroatoms. The Hall–Kier alpha value is -1.65. The highest BCUT2D eigenvalue weighted by atomic mass is 16.3. The Morgan fingerprint density at radius 2 is 2.00 bits per heavy atom. The fraction of sp³-hybridized carbons (Fsp3) is 0.625. The molecule has 0 bridgehead atoms. The molecule has 1 unspecified atom stereocenters. The lowest BCUT2D eigenvalue weighted by atomic mass is 9.75. The molecular weight excluding hydrogens is 350 g/mol. The molecule has 3 atom stereocenters. The first-order valence-electron chi connectivity index (χ1n) is 10.6. The Balaban J connectivity index is 1.79. The van der Waals surface area contributed by atoms with E-state index in [9.17, 15) is 15.0 Å². The Morgan fingerprint density at radius 3 is 2.68 bits per heavy atom. The number of aryl methyl sites for hydroxylation is 1. The Kier molecular flexibility index (Phi) is 8.26. The lowest BCUT2D eigenvalue weighted by molar-refractivity contribution is -0.135. The highest BCUT2D eigenvalue weighted by Gasteiger charge is 2.36. The second-order valence-electron chi connectivity index (χ2n) is 8.95. The fourth-order valence-corrected chi connectivity index (χ4v) is 4.03. The van der Waals surface area contributed by atoms with Crippen LogP contribution in [-0.4, -0.2) is 46.3 Å². The molecule has 4 nitrogen and oxygen atoms in total. The number of unbranched alkanes of at least 4 members (excludes halogenated alkanes) is 1. The van der Waals surface area contributed by atoms with Crippen molar-refractivity contribution < 1.29 is 15.0 Å². The maximum Gasteiger partial charge on any atom is 0.224 e. The Labute approximate surface area is 170 Å². The van der Waals surface area contributed by atoms with Crippen LogP contribution in [0.25, 0.3) is 0 Å². The predicted molar refractivity (Wildman–Crippen MR) is 114 cm³/mol. The van der Waals surface area contributed by atoms with E-state index >= 15 is 0 Å². The van der Waals surface area contributed by atoms with Crippen LogP contribution in [0.2, 0.25) is 0 Å². The van der Waals surface area contributed by atoms with Crippen molar-refractivity contribution in [1.29, 1.82) is 0 Å². The third-order valence-corrected chi connectivity index (χ3v) is 5.81. The molecule has 2 N–H and O–H groups in total. The van der Waals surface area contributed by atoms with Gasteiger partial charge in [-0.3, -0.25) is 4.79 Å². The van der Waals surface area contributed by atoms with Gasteiger partial charge in [0.15, 0.2) is 0 Å². The summed E-state index contributed by atoms with van der Waals surface area (Å²) in [5.41, 5.74) is -0.409. The fourth-order valence-electron chi connectivity index (χ4n) is 4.03. The standard InChI is InChI=1S/C24H37NO3/c1-23(27,15-8-7-12-20-10-5-4-6-11-20)17-14-21-13-9-16-24(28,18-21)19-22(26)25(2)3/h4-6,10-11,14,17,21,27-28H,7-9,12-13,15-16,18-19H2,1-3H3/b17-14+/t21-,23?,24-/m1/s1. The lowest BCUT2D eigenvalue weighted by Crippen LogP contribution is -2.40. The van der Waals surface area contributed by atoms with Gasteiger partial charge in [-0.05, 0) is 69.8 Å². The van der Waals surface area contributed by atoms with Crippen LogP contribution in [0.1, 0.15) is 63.9 Å². The number of hydrogen-bond donors (Lipinski definition) is 2. The number of nitrogens with zero attached hydrogens (tertiary/aromatic N) is 1. The van der Waals surface area contributed by atoms with Gasteiger partial charge in [-0.2, -0.15) is 0 Å². The van der Waals surface area contributed by atoms with Crippen molar-refractivity contribution in [1.82, 2.24) is 4.90 Å². The molecule has 28 heavy (non-hydrogen) atoms. The molecule has 1 saturated carbocycles. The monoisotopic (exact) mass is 387 g/mol. The summed E-state index contributed by atoms with van der Waals surface area (Å²) in [7, 11) is 3.45. The number of aliphatic hydroxyl groups is 2. The van der Waals surface area contributed by atoms with Gasteiger partial charge in [-0.15, -0.1) is 0 Å². The van der Waals surface area contributed by atoms with Crippen molar-refractivity contribution in [3.8, 4) is 0 Å². The van der Waals surface area contributed by atoms with Crippen LogP contribution in [0, 0.1) is 5.92 Å². The van der Waals surface area contributed by atoms with Crippen LogP contribution in [-0.2, 0) is 11.2 Å². The first-order valence-corrected chi connectivity index (χ1v) is 10.6. The lowest BCUT2D eigenvalue weighted by Gasteiger charge is -2.36. The highest BCUT2D eigenvalue weighted by molar-refractivity contribution is 5.76. The summed E-state index contributed by atoms with van der Waals surface area (Å²) in [6.07, 6.45) is 11.1. The van der Waals surface area contributed by atoms with Crippen molar-refractivity contribution in [2.24, 2.45) is 5.92 Å². The average molecular weight is 388 g/mol. The summed E-state index contributed by atoms with van der Waals surface area (Å²) in [5.74, 6) is 0.182. The third-order valence-electron chi connectivity index (χ3n) is 5.81. The van der Waals surface area contributed by atoms with E-state index in [2.05, 4.69) is 30.3 Å². The molecule has 1 aromatic rings. The molecule has 2 rings (SSSR count). The zero-order valence-corrected chi connectivity index (χ0v) is 17.7. The van der Waals surface area contributed by atoms with Gasteiger partial charge in [0.25, 0.3) is 0 Å². The first-order chi connectivity index (χ1) is 13.2. The molecule has 0 aromatic heterocycles. The second kappa shape index (κ2) is 10.2. The van der Waals surface area contributed by atoms with E-state index in [1.165, 1.54) is 10.5 Å². The van der Waals surface area contributed by atoms with Gasteiger partial charge < -0.3 is 15.1 Å². The van der Waals surface area contributed by atoms with Crippen molar-refractivity contribution >= 4 is 5.91 Å². The Bertz CT molecular complexity index is 639. The number of hydrogen-bond acceptors (Lipinski definition) is 3. The molecule has 0 heterocycles. The zero-order valence-electron chi connectivity index (χ0n) is 17.7. The number of allylic oxidation sites excluding steroid dienone is 1. The van der Waals surface area contributed by atoms with Gasteiger partial charge in [-0.25, -0.2) is 0 Å². The molecule has 0 spiro atoms. The van der Waals surface area contributed by atoms with E-state index in [1.54, 1.807) is 14.1 Å². The number of amides is 1. The quantitative estimate of drug-likeness (QED) is 0.495. The summed E-state index contributed by atoms with van der Waals surface area (Å²) in [4.78, 5) is 13.5. The molecular formula is C24H37NO3. The van der Waals surface area contributed by atoms with Crippen LogP contribution in [0.5, 0.6) is 0 Å². The first kappa shape index (κ1) is 22.6. The maximum absolute atomic E-state index is 12.0. The number of benzene rings is 1. The largest absolute Gasteiger partial charge is 0.389 e. The van der Waals surface area contributed by atoms with Crippen LogP contribution in [0.3, 0.4) is 0 Å². The van der Waals surface area contributed by atoms with Crippen molar-refractivity contribution in [2.75, 3.05) is 14.1 Å². The smallest absolute Gasteiger partial charge is 0.224 e. The van der Waals surface area contributed by atoms with Gasteiger partial charge >= 0.3 is 0 Å². The Morgan fingerprint density at radius 1 is 1.29 bits per heavy atom. The minimum atomic E-state index is -0.920. The molecule has 1 fully saturated rings. The summed E-state index contributed by atoms with van der Waals surface area (Å²) in [5, 5.41) is 21.5. The maximum atomic E-state index is 12.0. The second-order valence-corrected chi connectivity index (χ2v) is 8.95. The molecule has 1 aliphatic carbocycles. The number of rotatable bonds is 9. The van der Waals surface area contributed by atoms with Crippen LogP contribution >= 0.6 is 0 Å². The normalized spacial score (nSPS) is 24.8. The predicted octanol–water partition coefficient (Wildman–Crippen LogP) is 4.11. The van der Waals surface area contributed by atoms with Gasteiger partial charge in [0.2, 0.25) is 5.91 Å². The number of carbonyl (C=O) groups excluding carboxylic acids is 1. The van der Waals surface area contributed by atoms with Crippen LogP contribution in [0.15, 0.2) is 42.5 Å². The highest BCUT2D eigenvalue weighted by Crippen LogP contribution is 2.36. The van der Waals surface area contributed by atoms with E-state index in [-0.39, 0.29) is 18.2 Å². The van der Waals surface area contributed by atoms with Crippen LogP contribution in [0.4, 0.5) is 0 Å². The minimum Gasteiger partial charge on any atom is -0.389 e. The SMILES string of the molecule is CN(C)C(=O)C[C@@]1(O)CCC[C@H](/C=C/C(C)(O)CCCCc2ccccc2)C1. The minimum absolute atomic E-state index is 0.0301. The number of carbonyl (C=O) groups is 1. The summed E-state index contributed by atoms with van der Waals surface area (Å²) in [6, 6.07) is 10.4. The molecule has 1 amide bonds. The summed E-state index contributed by atoms with van der Waals surface area (Å²) < 4.78 is 0. The van der Waals surface area contributed by atoms with Crippen LogP contribution < -0.4 is 0 Å². The van der Waals surface area contributed by atoms with Gasteiger partial charge in [-0.1, -0.05) is 42.5 Å². The van der Waals surface area contributed by atoms with E-state index in [4.69, 9.17) is 0 Å². The van der Waals surface area contributed by atoms with E-state index in [0.717, 1.165) is 38.5 Å². The third kappa shape index (κ3) is 7.76. The summed E-state index contributed by atoms with van der Waals surface area (Å²) in [6.45, 7) is 1.86. The molecule has 1 aromatic carbocycles. The van der Waals surface area contributed by atoms with Crippen molar-refractivity contribution in [3.63, 3.8) is 0 Å². The van der Waals surface area contributed by atoms with E-state index in [0.29, 0.717) is 12.8 Å².